The van der Waals surface area contributed by atoms with E-state index in [1.54, 1.807) is 0 Å². The van der Waals surface area contributed by atoms with Crippen LogP contribution < -0.4 is 11.1 Å². The molecule has 2 rings (SSSR count). The second-order valence-electron chi connectivity index (χ2n) is 7.03. The summed E-state index contributed by atoms with van der Waals surface area (Å²) in [5, 5.41) is 7.56. The van der Waals surface area contributed by atoms with Crippen LogP contribution in [0.4, 0.5) is 0 Å². The largest absolute Gasteiger partial charge is 0.370 e. The van der Waals surface area contributed by atoms with Crippen molar-refractivity contribution in [2.24, 2.45) is 16.6 Å². The van der Waals surface area contributed by atoms with Crippen LogP contribution in [-0.4, -0.2) is 41.6 Å². The Morgan fingerprint density at radius 2 is 2.19 bits per heavy atom. The number of nitrogens with two attached hydrogens (primary N) is 1. The van der Waals surface area contributed by atoms with Crippen LogP contribution in [-0.2, 0) is 11.3 Å². The molecule has 154 valence electrons. The van der Waals surface area contributed by atoms with Gasteiger partial charge >= 0.3 is 0 Å². The monoisotopic (exact) mass is 491 g/mol. The van der Waals surface area contributed by atoms with Crippen molar-refractivity contribution in [2.75, 3.05) is 19.6 Å². The molecule has 1 aromatic heterocycles. The molecule has 1 aliphatic heterocycles. The molecule has 8 heteroatoms. The van der Waals surface area contributed by atoms with Crippen molar-refractivity contribution in [2.45, 2.75) is 65.3 Å². The number of guanidine groups is 1. The molecule has 1 atom stereocenters. The molecule has 0 bridgehead atoms. The number of aromatic nitrogens is 1. The maximum atomic E-state index is 11.2. The normalized spacial score (nSPS) is 17.7. The summed E-state index contributed by atoms with van der Waals surface area (Å²) in [4.78, 5) is 18.2. The number of nitrogens with zero attached hydrogens (tertiary/aromatic N) is 3. The maximum Gasteiger partial charge on any atom is 0.217 e. The van der Waals surface area contributed by atoms with Gasteiger partial charge in [0.25, 0.3) is 0 Å². The van der Waals surface area contributed by atoms with Gasteiger partial charge in [-0.2, -0.15) is 0 Å². The van der Waals surface area contributed by atoms with Crippen molar-refractivity contribution in [3.63, 3.8) is 0 Å². The van der Waals surface area contributed by atoms with Gasteiger partial charge in [-0.05, 0) is 38.5 Å². The van der Waals surface area contributed by atoms with E-state index in [4.69, 9.17) is 15.2 Å². The molecule has 7 nitrogen and oxygen atoms in total. The van der Waals surface area contributed by atoms with Gasteiger partial charge in [0.05, 0.1) is 5.69 Å². The highest BCUT2D eigenvalue weighted by molar-refractivity contribution is 14.0. The van der Waals surface area contributed by atoms with Crippen LogP contribution in [0.5, 0.6) is 0 Å². The number of amides is 1. The van der Waals surface area contributed by atoms with Gasteiger partial charge in [0.15, 0.2) is 11.7 Å². The molecule has 2 heterocycles. The third kappa shape index (κ3) is 7.31. The highest BCUT2D eigenvalue weighted by atomic mass is 127. The summed E-state index contributed by atoms with van der Waals surface area (Å²) in [6.07, 6.45) is 4.65. The summed E-state index contributed by atoms with van der Waals surface area (Å²) in [5.74, 6) is 2.17. The van der Waals surface area contributed by atoms with Crippen LogP contribution in [0.2, 0.25) is 0 Å². The van der Waals surface area contributed by atoms with Gasteiger partial charge in [-0.1, -0.05) is 19.0 Å². The quantitative estimate of drug-likeness (QED) is 0.331. The van der Waals surface area contributed by atoms with E-state index in [2.05, 4.69) is 36.1 Å². The number of hydrogen-bond donors (Lipinski definition) is 2. The molecule has 1 amide bonds. The lowest BCUT2D eigenvalue weighted by molar-refractivity contribution is -0.119. The number of rotatable bonds is 8. The Hall–Kier alpha value is -1.32. The maximum absolute atomic E-state index is 11.2. The van der Waals surface area contributed by atoms with Crippen LogP contribution in [0.3, 0.4) is 0 Å². The average molecular weight is 491 g/mol. The number of primary amides is 1. The second kappa shape index (κ2) is 12.2. The minimum atomic E-state index is -0.227. The van der Waals surface area contributed by atoms with Gasteiger partial charge < -0.3 is 20.5 Å². The number of nitrogens with one attached hydrogen (secondary N) is 1. The summed E-state index contributed by atoms with van der Waals surface area (Å²) < 4.78 is 5.47. The SMILES string of the molecule is CCNC(=NCc1cc(C(CC)CC)no1)N1CCCC(CC(N)=O)C1.I. The topological polar surface area (TPSA) is 96.8 Å². The molecule has 1 aliphatic rings. The molecule has 0 spiro atoms. The minimum absolute atomic E-state index is 0. The smallest absolute Gasteiger partial charge is 0.217 e. The van der Waals surface area contributed by atoms with Crippen molar-refractivity contribution in [3.05, 3.63) is 17.5 Å². The Labute approximate surface area is 179 Å². The summed E-state index contributed by atoms with van der Waals surface area (Å²) in [6, 6.07) is 2.02. The number of carbonyl (C=O) groups is 1. The lowest BCUT2D eigenvalue weighted by atomic mass is 9.95. The number of likely N-dealkylation sites (tertiary alicyclic amines) is 1. The van der Waals surface area contributed by atoms with Crippen molar-refractivity contribution < 1.29 is 9.32 Å². The third-order valence-electron chi connectivity index (χ3n) is 5.01. The number of carbonyl (C=O) groups excluding carboxylic acids is 1. The fourth-order valence-corrected chi connectivity index (χ4v) is 3.59. The molecule has 0 radical (unpaired) electrons. The summed E-state index contributed by atoms with van der Waals surface area (Å²) in [5.41, 5.74) is 6.38. The van der Waals surface area contributed by atoms with Crippen molar-refractivity contribution in [3.8, 4) is 0 Å². The number of aliphatic imine (C=N–C) groups is 1. The van der Waals surface area contributed by atoms with Crippen molar-refractivity contribution in [1.29, 1.82) is 0 Å². The van der Waals surface area contributed by atoms with E-state index in [9.17, 15) is 4.79 Å². The van der Waals surface area contributed by atoms with Crippen LogP contribution in [0, 0.1) is 5.92 Å². The first-order valence-corrected chi connectivity index (χ1v) is 9.84. The summed E-state index contributed by atoms with van der Waals surface area (Å²) in [7, 11) is 0. The lowest BCUT2D eigenvalue weighted by Gasteiger charge is -2.34. The van der Waals surface area contributed by atoms with E-state index in [0.717, 1.165) is 62.7 Å². The lowest BCUT2D eigenvalue weighted by Crippen LogP contribution is -2.47. The van der Waals surface area contributed by atoms with Gasteiger partial charge in [-0.25, -0.2) is 4.99 Å². The molecule has 0 aromatic carbocycles. The van der Waals surface area contributed by atoms with Gasteiger partial charge in [-0.15, -0.1) is 24.0 Å². The third-order valence-corrected chi connectivity index (χ3v) is 5.01. The average Bonchev–Trinajstić information content (AvgIpc) is 3.08. The van der Waals surface area contributed by atoms with Crippen molar-refractivity contribution >= 4 is 35.8 Å². The van der Waals surface area contributed by atoms with Crippen LogP contribution in [0.15, 0.2) is 15.6 Å². The van der Waals surface area contributed by atoms with E-state index in [1.165, 1.54) is 0 Å². The van der Waals surface area contributed by atoms with Crippen LogP contribution in [0.25, 0.3) is 0 Å². The summed E-state index contributed by atoms with van der Waals surface area (Å²) in [6.45, 7) is 9.41. The molecule has 1 fully saturated rings. The van der Waals surface area contributed by atoms with E-state index < -0.39 is 0 Å². The molecule has 1 aromatic rings. The minimum Gasteiger partial charge on any atom is -0.370 e. The van der Waals surface area contributed by atoms with E-state index in [-0.39, 0.29) is 29.9 Å². The fraction of sp³-hybridized carbons (Fsp3) is 0.737. The number of hydrogen-bond acceptors (Lipinski definition) is 4. The predicted octanol–water partition coefficient (Wildman–Crippen LogP) is 3.25. The molecule has 27 heavy (non-hydrogen) atoms. The first-order chi connectivity index (χ1) is 12.6. The van der Waals surface area contributed by atoms with Crippen LogP contribution in [0.1, 0.15) is 70.2 Å². The van der Waals surface area contributed by atoms with Gasteiger partial charge in [0.1, 0.15) is 6.54 Å². The fourth-order valence-electron chi connectivity index (χ4n) is 3.59. The molecular weight excluding hydrogens is 457 g/mol. The zero-order valence-corrected chi connectivity index (χ0v) is 19.1. The standard InChI is InChI=1S/C19H33N5O2.HI/c1-4-15(5-2)17-11-16(26-23-17)12-22-19(21-6-3)24-9-7-8-14(13-24)10-18(20)25;/h11,14-15H,4-10,12-13H2,1-3H3,(H2,20,25)(H,21,22);1H. The molecule has 0 aliphatic carbocycles. The van der Waals surface area contributed by atoms with E-state index in [0.29, 0.717) is 24.8 Å². The first kappa shape index (κ1) is 23.7. The molecule has 3 N–H and O–H groups in total. The predicted molar refractivity (Wildman–Crippen MR) is 118 cm³/mol. The van der Waals surface area contributed by atoms with E-state index in [1.807, 2.05) is 6.07 Å². The summed E-state index contributed by atoms with van der Waals surface area (Å²) >= 11 is 0. The number of halogens is 1. The Kier molecular flexibility index (Phi) is 10.7. The molecule has 1 unspecified atom stereocenters. The van der Waals surface area contributed by atoms with Gasteiger partial charge in [0.2, 0.25) is 5.91 Å². The Morgan fingerprint density at radius 1 is 1.44 bits per heavy atom. The Morgan fingerprint density at radius 3 is 2.81 bits per heavy atom. The highest BCUT2D eigenvalue weighted by Crippen LogP contribution is 2.23. The zero-order valence-electron chi connectivity index (χ0n) is 16.7. The van der Waals surface area contributed by atoms with E-state index >= 15 is 0 Å². The molecular formula is C19H34IN5O2. The first-order valence-electron chi connectivity index (χ1n) is 9.84. The zero-order chi connectivity index (χ0) is 18.9. The second-order valence-corrected chi connectivity index (χ2v) is 7.03. The Balaban J connectivity index is 0.00000364. The van der Waals surface area contributed by atoms with Crippen LogP contribution >= 0.6 is 24.0 Å². The number of piperidine rings is 1. The molecule has 0 saturated carbocycles. The highest BCUT2D eigenvalue weighted by Gasteiger charge is 2.23. The molecule has 1 saturated heterocycles. The van der Waals surface area contributed by atoms with Gasteiger partial charge in [-0.3, -0.25) is 4.79 Å². The Bertz CT molecular complexity index is 601. The van der Waals surface area contributed by atoms with Crippen molar-refractivity contribution in [1.82, 2.24) is 15.4 Å². The van der Waals surface area contributed by atoms with Gasteiger partial charge in [0, 0.05) is 38.0 Å².